The molecular formula is C16H22N2O3S. The van der Waals surface area contributed by atoms with Crippen molar-refractivity contribution in [2.75, 3.05) is 0 Å². The molecule has 120 valence electrons. The van der Waals surface area contributed by atoms with Gasteiger partial charge in [0.05, 0.1) is 4.90 Å². The van der Waals surface area contributed by atoms with E-state index in [1.54, 1.807) is 18.2 Å². The predicted octanol–water partition coefficient (Wildman–Crippen LogP) is 2.04. The fourth-order valence-corrected chi connectivity index (χ4v) is 3.07. The van der Waals surface area contributed by atoms with Crippen LogP contribution in [0.15, 0.2) is 53.5 Å². The molecule has 1 amide bonds. The monoisotopic (exact) mass is 322 g/mol. The molecule has 0 aliphatic heterocycles. The third-order valence-electron chi connectivity index (χ3n) is 3.13. The molecule has 0 heterocycles. The Morgan fingerprint density at radius 3 is 2.45 bits per heavy atom. The molecule has 1 atom stereocenters. The second kappa shape index (κ2) is 7.91. The first-order valence-electron chi connectivity index (χ1n) is 6.91. The largest absolute Gasteiger partial charge is 0.368 e. The van der Waals surface area contributed by atoms with E-state index in [4.69, 9.17) is 5.73 Å². The van der Waals surface area contributed by atoms with Gasteiger partial charge in [0.25, 0.3) is 0 Å². The van der Waals surface area contributed by atoms with E-state index >= 15 is 0 Å². The molecule has 0 fully saturated rings. The van der Waals surface area contributed by atoms with E-state index in [1.165, 1.54) is 12.1 Å². The average molecular weight is 322 g/mol. The molecule has 0 aliphatic carbocycles. The summed E-state index contributed by atoms with van der Waals surface area (Å²) in [5, 5.41) is 0. The Bertz CT molecular complexity index is 661. The van der Waals surface area contributed by atoms with Crippen LogP contribution in [0, 0.1) is 6.92 Å². The van der Waals surface area contributed by atoms with Crippen molar-refractivity contribution in [1.82, 2.24) is 4.72 Å². The molecule has 3 N–H and O–H groups in total. The van der Waals surface area contributed by atoms with Crippen LogP contribution in [0.3, 0.4) is 0 Å². The van der Waals surface area contributed by atoms with Crippen molar-refractivity contribution < 1.29 is 13.2 Å². The zero-order chi connectivity index (χ0) is 16.8. The summed E-state index contributed by atoms with van der Waals surface area (Å²) in [5.41, 5.74) is 7.13. The third-order valence-corrected chi connectivity index (χ3v) is 4.62. The minimum Gasteiger partial charge on any atom is -0.368 e. The molecule has 0 aliphatic rings. The number of allylic oxidation sites excluding steroid dienone is 2. The van der Waals surface area contributed by atoms with E-state index in [0.717, 1.165) is 11.1 Å². The molecule has 0 saturated heterocycles. The van der Waals surface area contributed by atoms with Gasteiger partial charge in [0.2, 0.25) is 15.9 Å². The first-order chi connectivity index (χ1) is 10.3. The number of benzene rings is 1. The lowest BCUT2D eigenvalue weighted by Gasteiger charge is -2.16. The fourth-order valence-electron chi connectivity index (χ4n) is 1.86. The lowest BCUT2D eigenvalue weighted by molar-refractivity contribution is -0.119. The second-order valence-corrected chi connectivity index (χ2v) is 6.88. The van der Waals surface area contributed by atoms with Gasteiger partial charge in [-0.05, 0) is 38.8 Å². The van der Waals surface area contributed by atoms with Crippen LogP contribution >= 0.6 is 0 Å². The van der Waals surface area contributed by atoms with Gasteiger partial charge in [-0.25, -0.2) is 8.42 Å². The van der Waals surface area contributed by atoms with Gasteiger partial charge < -0.3 is 5.73 Å². The average Bonchev–Trinajstić information content (AvgIpc) is 2.44. The van der Waals surface area contributed by atoms with Crippen molar-refractivity contribution in [2.45, 2.75) is 37.6 Å². The number of nitrogens with two attached hydrogens (primary N) is 1. The quantitative estimate of drug-likeness (QED) is 0.718. The molecule has 1 aromatic carbocycles. The SMILES string of the molecule is C=CCC=C(C)CC(NS(=O)(=O)c1ccc(C)cc1)C(N)=O. The number of amides is 1. The van der Waals surface area contributed by atoms with Crippen molar-refractivity contribution in [2.24, 2.45) is 5.73 Å². The number of rotatable bonds is 8. The lowest BCUT2D eigenvalue weighted by Crippen LogP contribution is -2.44. The molecule has 6 heteroatoms. The van der Waals surface area contributed by atoms with Crippen LogP contribution < -0.4 is 10.5 Å². The number of carbonyl (C=O) groups excluding carboxylic acids is 1. The molecule has 1 rings (SSSR count). The van der Waals surface area contributed by atoms with Gasteiger partial charge >= 0.3 is 0 Å². The minimum atomic E-state index is -3.79. The molecule has 0 saturated carbocycles. The van der Waals surface area contributed by atoms with Crippen molar-refractivity contribution >= 4 is 15.9 Å². The minimum absolute atomic E-state index is 0.108. The number of nitrogens with one attached hydrogen (secondary N) is 1. The Balaban J connectivity index is 2.92. The Morgan fingerprint density at radius 2 is 1.95 bits per heavy atom. The highest BCUT2D eigenvalue weighted by molar-refractivity contribution is 7.89. The maximum Gasteiger partial charge on any atom is 0.241 e. The highest BCUT2D eigenvalue weighted by Crippen LogP contribution is 2.13. The van der Waals surface area contributed by atoms with Gasteiger partial charge in [0, 0.05) is 0 Å². The maximum atomic E-state index is 12.3. The molecule has 0 bridgehead atoms. The molecular weight excluding hydrogens is 300 g/mol. The zero-order valence-electron chi connectivity index (χ0n) is 12.9. The predicted molar refractivity (Wildman–Crippen MR) is 87.7 cm³/mol. The van der Waals surface area contributed by atoms with Gasteiger partial charge in [-0.2, -0.15) is 4.72 Å². The summed E-state index contributed by atoms with van der Waals surface area (Å²) in [6.07, 6.45) is 4.48. The summed E-state index contributed by atoms with van der Waals surface area (Å²) in [7, 11) is -3.79. The zero-order valence-corrected chi connectivity index (χ0v) is 13.7. The van der Waals surface area contributed by atoms with Crippen LogP contribution in [0.1, 0.15) is 25.3 Å². The highest BCUT2D eigenvalue weighted by Gasteiger charge is 2.24. The Labute approximate surface area is 132 Å². The molecule has 0 spiro atoms. The number of hydrogen-bond acceptors (Lipinski definition) is 3. The summed E-state index contributed by atoms with van der Waals surface area (Å²) < 4.78 is 27.0. The van der Waals surface area contributed by atoms with Crippen LogP contribution in [0.5, 0.6) is 0 Å². The fraction of sp³-hybridized carbons (Fsp3) is 0.312. The van der Waals surface area contributed by atoms with Gasteiger partial charge in [-0.15, -0.1) is 6.58 Å². The first kappa shape index (κ1) is 18.1. The van der Waals surface area contributed by atoms with E-state index in [9.17, 15) is 13.2 Å². The molecule has 5 nitrogen and oxygen atoms in total. The van der Waals surface area contributed by atoms with Crippen LogP contribution in [0.25, 0.3) is 0 Å². The molecule has 22 heavy (non-hydrogen) atoms. The summed E-state index contributed by atoms with van der Waals surface area (Å²) >= 11 is 0. The van der Waals surface area contributed by atoms with Gasteiger partial charge in [-0.3, -0.25) is 4.79 Å². The second-order valence-electron chi connectivity index (χ2n) is 5.17. The Kier molecular flexibility index (Phi) is 6.52. The van der Waals surface area contributed by atoms with Crippen molar-refractivity contribution in [3.05, 3.63) is 54.1 Å². The number of sulfonamides is 1. The smallest absolute Gasteiger partial charge is 0.241 e. The van der Waals surface area contributed by atoms with Crippen molar-refractivity contribution in [3.63, 3.8) is 0 Å². The van der Waals surface area contributed by atoms with Gasteiger partial charge in [0.1, 0.15) is 6.04 Å². The van der Waals surface area contributed by atoms with E-state index < -0.39 is 22.0 Å². The molecule has 1 aromatic rings. The van der Waals surface area contributed by atoms with Crippen LogP contribution in [0.4, 0.5) is 0 Å². The van der Waals surface area contributed by atoms with E-state index in [1.807, 2.05) is 19.9 Å². The lowest BCUT2D eigenvalue weighted by atomic mass is 10.1. The van der Waals surface area contributed by atoms with Crippen LogP contribution in [-0.2, 0) is 14.8 Å². The standard InChI is InChI=1S/C16H22N2O3S/c1-4-5-6-13(3)11-15(16(17)19)18-22(20,21)14-9-7-12(2)8-10-14/h4,6-10,15,18H,1,5,11H2,2-3H3,(H2,17,19). The van der Waals surface area contributed by atoms with E-state index in [0.29, 0.717) is 6.42 Å². The first-order valence-corrected chi connectivity index (χ1v) is 8.39. The summed E-state index contributed by atoms with van der Waals surface area (Å²) in [4.78, 5) is 11.6. The number of carbonyl (C=O) groups is 1. The summed E-state index contributed by atoms with van der Waals surface area (Å²) in [6, 6.07) is 5.41. The van der Waals surface area contributed by atoms with Crippen molar-refractivity contribution in [3.8, 4) is 0 Å². The number of aryl methyl sites for hydroxylation is 1. The van der Waals surface area contributed by atoms with E-state index in [2.05, 4.69) is 11.3 Å². The van der Waals surface area contributed by atoms with E-state index in [-0.39, 0.29) is 11.3 Å². The summed E-state index contributed by atoms with van der Waals surface area (Å²) in [5.74, 6) is -0.706. The maximum absolute atomic E-state index is 12.3. The third kappa shape index (κ3) is 5.46. The normalized spacial score (nSPS) is 13.6. The van der Waals surface area contributed by atoms with Crippen LogP contribution in [-0.4, -0.2) is 20.4 Å². The summed E-state index contributed by atoms with van der Waals surface area (Å²) in [6.45, 7) is 7.29. The number of hydrogen-bond donors (Lipinski definition) is 2. The molecule has 0 aromatic heterocycles. The van der Waals surface area contributed by atoms with Crippen molar-refractivity contribution in [1.29, 1.82) is 0 Å². The van der Waals surface area contributed by atoms with Gasteiger partial charge in [0.15, 0.2) is 0 Å². The Morgan fingerprint density at radius 1 is 1.36 bits per heavy atom. The Hall–Kier alpha value is -1.92. The number of primary amides is 1. The van der Waals surface area contributed by atoms with Gasteiger partial charge in [-0.1, -0.05) is 35.4 Å². The molecule has 1 unspecified atom stereocenters. The molecule has 0 radical (unpaired) electrons. The topological polar surface area (TPSA) is 89.3 Å². The van der Waals surface area contributed by atoms with Crippen LogP contribution in [0.2, 0.25) is 0 Å². The highest BCUT2D eigenvalue weighted by atomic mass is 32.2.